The van der Waals surface area contributed by atoms with Crippen molar-refractivity contribution in [3.05, 3.63) is 42.0 Å². The number of halogens is 1. The largest absolute Gasteiger partial charge is 0.490 e. The van der Waals surface area contributed by atoms with Crippen LogP contribution < -0.4 is 4.74 Å². The van der Waals surface area contributed by atoms with Crippen molar-refractivity contribution in [1.29, 1.82) is 0 Å². The molecule has 2 heterocycles. The molecule has 1 aromatic heterocycles. The van der Waals surface area contributed by atoms with Crippen molar-refractivity contribution in [2.45, 2.75) is 24.9 Å². The minimum absolute atomic E-state index is 0.0820. The molecule has 1 aliphatic heterocycles. The van der Waals surface area contributed by atoms with Gasteiger partial charge >= 0.3 is 0 Å². The van der Waals surface area contributed by atoms with Gasteiger partial charge in [-0.15, -0.1) is 0 Å². The first-order valence-electron chi connectivity index (χ1n) is 7.82. The van der Waals surface area contributed by atoms with Crippen molar-refractivity contribution >= 4 is 5.91 Å². The Morgan fingerprint density at radius 2 is 2.29 bits per heavy atom. The number of benzene rings is 1. The second-order valence-corrected chi connectivity index (χ2v) is 5.83. The third kappa shape index (κ3) is 3.53. The fraction of sp³-hybridized carbons (Fsp3) is 0.438. The van der Waals surface area contributed by atoms with Crippen LogP contribution in [0.25, 0.3) is 0 Å². The van der Waals surface area contributed by atoms with Crippen LogP contribution in [-0.2, 0) is 10.4 Å². The Kier molecular flexibility index (Phi) is 4.75. The monoisotopic (exact) mass is 334 g/mol. The van der Waals surface area contributed by atoms with Crippen LogP contribution >= 0.6 is 0 Å². The van der Waals surface area contributed by atoms with Gasteiger partial charge in [0.1, 0.15) is 11.3 Å². The van der Waals surface area contributed by atoms with E-state index in [2.05, 4.69) is 15.4 Å². The number of aromatic nitrogens is 3. The fourth-order valence-corrected chi connectivity index (χ4v) is 2.85. The van der Waals surface area contributed by atoms with Crippen molar-refractivity contribution in [2.75, 3.05) is 19.7 Å². The highest BCUT2D eigenvalue weighted by atomic mass is 19.1. The number of carbonyl (C=O) groups excluding carboxylic acids is 1. The van der Waals surface area contributed by atoms with E-state index in [0.717, 1.165) is 0 Å². The number of ether oxygens (including phenoxy) is 1. The number of β-amino-alcohol motifs (C(OH)–C–C–N with tert-alkyl or cyclic N) is 1. The van der Waals surface area contributed by atoms with E-state index in [9.17, 15) is 14.3 Å². The molecule has 1 aliphatic rings. The third-order valence-corrected chi connectivity index (χ3v) is 4.13. The van der Waals surface area contributed by atoms with Gasteiger partial charge in [-0.25, -0.2) is 4.39 Å². The van der Waals surface area contributed by atoms with E-state index in [1.165, 1.54) is 18.3 Å². The lowest BCUT2D eigenvalue weighted by Gasteiger charge is -2.38. The third-order valence-electron chi connectivity index (χ3n) is 4.13. The molecule has 1 fully saturated rings. The van der Waals surface area contributed by atoms with E-state index in [-0.39, 0.29) is 31.2 Å². The number of carbonyl (C=O) groups is 1. The van der Waals surface area contributed by atoms with Gasteiger partial charge in [0.2, 0.25) is 5.91 Å². The predicted octanol–water partition coefficient (Wildman–Crippen LogP) is 1.22. The number of amides is 1. The zero-order chi connectivity index (χ0) is 17.0. The molecule has 0 spiro atoms. The number of likely N-dealkylation sites (tertiary alicyclic amines) is 1. The number of para-hydroxylation sites is 1. The zero-order valence-corrected chi connectivity index (χ0v) is 13.1. The first kappa shape index (κ1) is 16.4. The van der Waals surface area contributed by atoms with Gasteiger partial charge in [-0.2, -0.15) is 15.4 Å². The lowest BCUT2D eigenvalue weighted by atomic mass is 9.90. The smallest absolute Gasteiger partial charge is 0.226 e. The van der Waals surface area contributed by atoms with Crippen molar-refractivity contribution < 1.29 is 19.0 Å². The molecule has 3 rings (SSSR count). The molecule has 1 saturated heterocycles. The number of aromatic amines is 1. The minimum atomic E-state index is -1.19. The van der Waals surface area contributed by atoms with E-state index < -0.39 is 11.4 Å². The Hall–Kier alpha value is -2.48. The highest BCUT2D eigenvalue weighted by molar-refractivity contribution is 5.76. The van der Waals surface area contributed by atoms with Gasteiger partial charge in [0, 0.05) is 6.54 Å². The van der Waals surface area contributed by atoms with Crippen LogP contribution in [0, 0.1) is 5.82 Å². The maximum atomic E-state index is 13.5. The summed E-state index contributed by atoms with van der Waals surface area (Å²) >= 11 is 0. The Morgan fingerprint density at radius 3 is 3.04 bits per heavy atom. The molecule has 1 aromatic carbocycles. The second-order valence-electron chi connectivity index (χ2n) is 5.83. The van der Waals surface area contributed by atoms with Crippen LogP contribution in [0.5, 0.6) is 5.75 Å². The van der Waals surface area contributed by atoms with Gasteiger partial charge in [0.25, 0.3) is 0 Å². The Labute approximate surface area is 138 Å². The quantitative estimate of drug-likeness (QED) is 0.858. The number of hydrogen-bond acceptors (Lipinski definition) is 5. The average molecular weight is 334 g/mol. The summed E-state index contributed by atoms with van der Waals surface area (Å²) in [5, 5.41) is 20.8. The molecule has 8 heteroatoms. The molecule has 0 aliphatic carbocycles. The summed E-state index contributed by atoms with van der Waals surface area (Å²) in [6.45, 7) is 0.815. The van der Waals surface area contributed by atoms with Gasteiger partial charge < -0.3 is 14.7 Å². The van der Waals surface area contributed by atoms with Crippen LogP contribution in [-0.4, -0.2) is 51.0 Å². The lowest BCUT2D eigenvalue weighted by Crippen LogP contribution is -2.49. The molecular formula is C16H19FN4O3. The van der Waals surface area contributed by atoms with Gasteiger partial charge in [0.15, 0.2) is 11.6 Å². The molecule has 2 aromatic rings. The van der Waals surface area contributed by atoms with Crippen molar-refractivity contribution in [1.82, 2.24) is 20.3 Å². The molecule has 0 radical (unpaired) electrons. The minimum Gasteiger partial charge on any atom is -0.490 e. The van der Waals surface area contributed by atoms with Crippen LogP contribution in [0.15, 0.2) is 30.5 Å². The van der Waals surface area contributed by atoms with Crippen molar-refractivity contribution in [2.24, 2.45) is 0 Å². The van der Waals surface area contributed by atoms with Crippen LogP contribution in [0.3, 0.4) is 0 Å². The molecule has 1 atom stereocenters. The number of aliphatic hydroxyl groups is 1. The van der Waals surface area contributed by atoms with E-state index in [4.69, 9.17) is 4.74 Å². The van der Waals surface area contributed by atoms with E-state index in [1.54, 1.807) is 17.0 Å². The molecule has 7 nitrogen and oxygen atoms in total. The molecular weight excluding hydrogens is 315 g/mol. The highest BCUT2D eigenvalue weighted by Gasteiger charge is 2.38. The van der Waals surface area contributed by atoms with E-state index >= 15 is 0 Å². The van der Waals surface area contributed by atoms with Crippen molar-refractivity contribution in [3.8, 4) is 5.75 Å². The molecule has 24 heavy (non-hydrogen) atoms. The summed E-state index contributed by atoms with van der Waals surface area (Å²) in [6.07, 6.45) is 2.77. The Morgan fingerprint density at radius 1 is 1.46 bits per heavy atom. The number of nitrogens with zero attached hydrogens (tertiary/aromatic N) is 3. The number of nitrogens with one attached hydrogen (secondary N) is 1. The average Bonchev–Trinajstić information content (AvgIpc) is 3.12. The molecule has 0 bridgehead atoms. The fourth-order valence-electron chi connectivity index (χ4n) is 2.85. The first-order valence-corrected chi connectivity index (χ1v) is 7.82. The number of piperidine rings is 1. The van der Waals surface area contributed by atoms with E-state index in [0.29, 0.717) is 25.1 Å². The van der Waals surface area contributed by atoms with E-state index in [1.807, 2.05) is 0 Å². The maximum absolute atomic E-state index is 13.5. The summed E-state index contributed by atoms with van der Waals surface area (Å²) in [6, 6.07) is 6.07. The molecule has 128 valence electrons. The zero-order valence-electron chi connectivity index (χ0n) is 13.1. The second kappa shape index (κ2) is 6.96. The normalized spacial score (nSPS) is 20.8. The standard InChI is InChI=1S/C16H19FN4O3/c17-12-4-1-2-5-13(12)24-9-6-15(22)21-8-3-7-16(23,11-21)14-10-18-20-19-14/h1-2,4-5,10,23H,3,6-9,11H2,(H,18,19,20). The molecule has 0 saturated carbocycles. The summed E-state index contributed by atoms with van der Waals surface area (Å²) in [4.78, 5) is 13.9. The SMILES string of the molecule is O=C(CCOc1ccccc1F)N1CCCC(O)(c2cn[nH]n2)C1. The molecule has 1 amide bonds. The molecule has 2 N–H and O–H groups in total. The summed E-state index contributed by atoms with van der Waals surface area (Å²) in [5.74, 6) is -0.473. The van der Waals surface area contributed by atoms with Crippen molar-refractivity contribution in [3.63, 3.8) is 0 Å². The van der Waals surface area contributed by atoms with Gasteiger partial charge in [-0.1, -0.05) is 12.1 Å². The lowest BCUT2D eigenvalue weighted by molar-refractivity contribution is -0.139. The van der Waals surface area contributed by atoms with Gasteiger partial charge in [0.05, 0.1) is 25.8 Å². The van der Waals surface area contributed by atoms with Gasteiger partial charge in [-0.05, 0) is 25.0 Å². The van der Waals surface area contributed by atoms with Crippen LogP contribution in [0.2, 0.25) is 0 Å². The highest BCUT2D eigenvalue weighted by Crippen LogP contribution is 2.30. The Bertz CT molecular complexity index is 694. The number of rotatable bonds is 5. The topological polar surface area (TPSA) is 91.3 Å². The maximum Gasteiger partial charge on any atom is 0.226 e. The Balaban J connectivity index is 1.54. The van der Waals surface area contributed by atoms with Gasteiger partial charge in [-0.3, -0.25) is 4.79 Å². The number of hydrogen-bond donors (Lipinski definition) is 2. The summed E-state index contributed by atoms with van der Waals surface area (Å²) in [7, 11) is 0. The summed E-state index contributed by atoms with van der Waals surface area (Å²) < 4.78 is 18.8. The van der Waals surface area contributed by atoms with Crippen LogP contribution in [0.1, 0.15) is 25.0 Å². The predicted molar refractivity (Wildman–Crippen MR) is 82.6 cm³/mol. The van der Waals surface area contributed by atoms with Crippen LogP contribution in [0.4, 0.5) is 4.39 Å². The summed E-state index contributed by atoms with van der Waals surface area (Å²) in [5.41, 5.74) is -0.754. The molecule has 1 unspecified atom stereocenters. The number of H-pyrrole nitrogens is 1. The first-order chi connectivity index (χ1) is 11.6.